The highest BCUT2D eigenvalue weighted by Gasteiger charge is 2.22. The number of carbonyl (C=O) groups excluding carboxylic acids is 2. The molecule has 0 bridgehead atoms. The van der Waals surface area contributed by atoms with Crippen LogP contribution in [0.4, 0.5) is 5.69 Å². The second-order valence-corrected chi connectivity index (χ2v) is 8.53. The second-order valence-electron chi connectivity index (χ2n) is 7.23. The molecule has 2 unspecified atom stereocenters. The Balaban J connectivity index is 1.64. The van der Waals surface area contributed by atoms with Gasteiger partial charge in [-0.25, -0.2) is 0 Å². The number of rotatable bonds is 9. The van der Waals surface area contributed by atoms with Crippen molar-refractivity contribution in [1.82, 2.24) is 14.8 Å². The number of hydrogen-bond acceptors (Lipinski definition) is 7. The fraction of sp³-hybridized carbons (Fsp3) is 0.304. The average Bonchev–Trinajstić information content (AvgIpc) is 3.14. The molecule has 0 radical (unpaired) electrons. The van der Waals surface area contributed by atoms with Crippen molar-refractivity contribution < 1.29 is 19.1 Å². The van der Waals surface area contributed by atoms with E-state index in [9.17, 15) is 9.59 Å². The predicted molar refractivity (Wildman–Crippen MR) is 123 cm³/mol. The van der Waals surface area contributed by atoms with Crippen LogP contribution in [-0.2, 0) is 11.8 Å². The molecule has 0 saturated heterocycles. The van der Waals surface area contributed by atoms with Crippen LogP contribution in [0.15, 0.2) is 53.7 Å². The summed E-state index contributed by atoms with van der Waals surface area (Å²) in [5.74, 6) is 1.76. The van der Waals surface area contributed by atoms with E-state index in [0.29, 0.717) is 33.7 Å². The number of nitrogens with zero attached hydrogens (tertiary/aromatic N) is 3. The molecule has 3 rings (SSSR count). The largest absolute Gasteiger partial charge is 0.497 e. The van der Waals surface area contributed by atoms with Gasteiger partial charge in [0.1, 0.15) is 11.5 Å². The smallest absolute Gasteiger partial charge is 0.237 e. The molecule has 2 atom stereocenters. The summed E-state index contributed by atoms with van der Waals surface area (Å²) in [6.07, 6.45) is -0.354. The molecule has 168 valence electrons. The topological polar surface area (TPSA) is 95.3 Å². The minimum absolute atomic E-state index is 0.0552. The molecule has 0 aliphatic heterocycles. The summed E-state index contributed by atoms with van der Waals surface area (Å²) in [4.78, 5) is 24.2. The van der Waals surface area contributed by atoms with E-state index in [2.05, 4.69) is 15.5 Å². The Bertz CT molecular complexity index is 1110. The first-order valence-electron chi connectivity index (χ1n) is 10.1. The van der Waals surface area contributed by atoms with E-state index >= 15 is 0 Å². The van der Waals surface area contributed by atoms with Gasteiger partial charge in [0.05, 0.1) is 12.4 Å². The van der Waals surface area contributed by atoms with Gasteiger partial charge in [-0.1, -0.05) is 30.0 Å². The molecule has 8 nitrogen and oxygen atoms in total. The molecule has 0 spiro atoms. The highest BCUT2D eigenvalue weighted by atomic mass is 32.2. The Hall–Kier alpha value is -3.33. The van der Waals surface area contributed by atoms with Crippen LogP contribution in [-0.4, -0.2) is 38.8 Å². The normalized spacial score (nSPS) is 12.7. The van der Waals surface area contributed by atoms with Crippen molar-refractivity contribution in [3.8, 4) is 11.5 Å². The van der Waals surface area contributed by atoms with Gasteiger partial charge >= 0.3 is 0 Å². The minimum atomic E-state index is -0.429. The van der Waals surface area contributed by atoms with Crippen LogP contribution in [0.3, 0.4) is 0 Å². The minimum Gasteiger partial charge on any atom is -0.497 e. The molecule has 0 fully saturated rings. The van der Waals surface area contributed by atoms with E-state index in [1.165, 1.54) is 18.7 Å². The molecular formula is C23H26N4O4S. The third kappa shape index (κ3) is 5.67. The van der Waals surface area contributed by atoms with Crippen LogP contribution < -0.4 is 14.8 Å². The van der Waals surface area contributed by atoms with Crippen molar-refractivity contribution in [2.24, 2.45) is 7.05 Å². The number of aromatic nitrogens is 3. The predicted octanol–water partition coefficient (Wildman–Crippen LogP) is 4.29. The lowest BCUT2D eigenvalue weighted by Crippen LogP contribution is -2.23. The van der Waals surface area contributed by atoms with E-state index in [4.69, 9.17) is 9.47 Å². The second kappa shape index (κ2) is 10.3. The van der Waals surface area contributed by atoms with Gasteiger partial charge in [0.2, 0.25) is 5.91 Å². The number of methoxy groups -OCH3 is 1. The van der Waals surface area contributed by atoms with Crippen LogP contribution in [0.1, 0.15) is 43.1 Å². The lowest BCUT2D eigenvalue weighted by Gasteiger charge is -2.15. The highest BCUT2D eigenvalue weighted by molar-refractivity contribution is 8.00. The lowest BCUT2D eigenvalue weighted by atomic mass is 10.1. The molecule has 3 aromatic rings. The van der Waals surface area contributed by atoms with Crippen molar-refractivity contribution in [3.05, 3.63) is 59.9 Å². The molecular weight excluding hydrogens is 428 g/mol. The van der Waals surface area contributed by atoms with Crippen molar-refractivity contribution in [2.75, 3.05) is 12.4 Å². The number of thioether (sulfide) groups is 1. The fourth-order valence-electron chi connectivity index (χ4n) is 2.99. The Morgan fingerprint density at radius 2 is 1.78 bits per heavy atom. The molecule has 1 heterocycles. The number of amides is 1. The van der Waals surface area contributed by atoms with Crippen LogP contribution in [0, 0.1) is 0 Å². The third-order valence-corrected chi connectivity index (χ3v) is 5.91. The SMILES string of the molecule is COc1cccc(OC(C)c2nnc(SC(C)C(=O)Nc3cccc(C(C)=O)c3)n2C)c1. The highest BCUT2D eigenvalue weighted by Crippen LogP contribution is 2.28. The summed E-state index contributed by atoms with van der Waals surface area (Å²) in [6.45, 7) is 5.17. The van der Waals surface area contributed by atoms with Gasteiger partial charge in [0.25, 0.3) is 0 Å². The molecule has 2 aromatic carbocycles. The molecule has 0 aliphatic rings. The van der Waals surface area contributed by atoms with E-state index in [0.717, 1.165) is 0 Å². The number of carbonyl (C=O) groups is 2. The number of benzene rings is 2. The standard InChI is InChI=1S/C23H26N4O4S/c1-14(28)17-8-6-9-18(12-17)24-22(29)16(3)32-23-26-25-21(27(23)4)15(2)31-20-11-7-10-19(13-20)30-5/h6-13,15-16H,1-5H3,(H,24,29). The van der Waals surface area contributed by atoms with Gasteiger partial charge in [-0.05, 0) is 45.0 Å². The average molecular weight is 455 g/mol. The molecule has 9 heteroatoms. The molecule has 32 heavy (non-hydrogen) atoms. The molecule has 0 aliphatic carbocycles. The van der Waals surface area contributed by atoms with E-state index in [-0.39, 0.29) is 17.8 Å². The van der Waals surface area contributed by atoms with Gasteiger partial charge in [0, 0.05) is 24.4 Å². The van der Waals surface area contributed by atoms with Crippen LogP contribution in [0.25, 0.3) is 0 Å². The molecule has 1 aromatic heterocycles. The van der Waals surface area contributed by atoms with Crippen LogP contribution in [0.2, 0.25) is 0 Å². The first-order valence-corrected chi connectivity index (χ1v) is 10.9. The third-order valence-electron chi connectivity index (χ3n) is 4.77. The first-order chi connectivity index (χ1) is 15.3. The van der Waals surface area contributed by atoms with Gasteiger partial charge in [-0.2, -0.15) is 0 Å². The van der Waals surface area contributed by atoms with Crippen molar-refractivity contribution in [3.63, 3.8) is 0 Å². The Kier molecular flexibility index (Phi) is 7.53. The van der Waals surface area contributed by atoms with E-state index < -0.39 is 5.25 Å². The summed E-state index contributed by atoms with van der Waals surface area (Å²) in [5.41, 5.74) is 1.13. The number of Topliss-reactive ketones (excluding diaryl/α,β-unsaturated/α-hetero) is 1. The number of hydrogen-bond donors (Lipinski definition) is 1. The maximum absolute atomic E-state index is 12.6. The summed E-state index contributed by atoms with van der Waals surface area (Å²) < 4.78 is 13.0. The number of ether oxygens (including phenoxy) is 2. The van der Waals surface area contributed by atoms with Crippen molar-refractivity contribution in [1.29, 1.82) is 0 Å². The monoisotopic (exact) mass is 454 g/mol. The Morgan fingerprint density at radius 3 is 2.50 bits per heavy atom. The summed E-state index contributed by atoms with van der Waals surface area (Å²) in [5, 5.41) is 11.5. The fourth-order valence-corrected chi connectivity index (χ4v) is 3.81. The number of anilines is 1. The van der Waals surface area contributed by atoms with Crippen molar-refractivity contribution in [2.45, 2.75) is 37.3 Å². The number of nitrogens with one attached hydrogen (secondary N) is 1. The van der Waals surface area contributed by atoms with Gasteiger partial charge in [-0.15, -0.1) is 10.2 Å². The zero-order valence-corrected chi connectivity index (χ0v) is 19.5. The zero-order valence-electron chi connectivity index (χ0n) is 18.7. The van der Waals surface area contributed by atoms with Crippen molar-refractivity contribution >= 4 is 29.1 Å². The summed E-state index contributed by atoms with van der Waals surface area (Å²) >= 11 is 1.29. The van der Waals surface area contributed by atoms with Gasteiger partial charge in [-0.3, -0.25) is 9.59 Å². The quantitative estimate of drug-likeness (QED) is 0.381. The van der Waals surface area contributed by atoms with E-state index in [1.54, 1.807) is 44.4 Å². The van der Waals surface area contributed by atoms with Gasteiger partial charge in [0.15, 0.2) is 22.9 Å². The first kappa shape index (κ1) is 23.3. The zero-order chi connectivity index (χ0) is 23.3. The Morgan fingerprint density at radius 1 is 1.06 bits per heavy atom. The van der Waals surface area contributed by atoms with Crippen LogP contribution >= 0.6 is 11.8 Å². The summed E-state index contributed by atoms with van der Waals surface area (Å²) in [6, 6.07) is 14.2. The van der Waals surface area contributed by atoms with Crippen LogP contribution in [0.5, 0.6) is 11.5 Å². The molecule has 1 N–H and O–H groups in total. The molecule has 1 amide bonds. The maximum atomic E-state index is 12.6. The summed E-state index contributed by atoms with van der Waals surface area (Å²) in [7, 11) is 3.44. The maximum Gasteiger partial charge on any atom is 0.237 e. The lowest BCUT2D eigenvalue weighted by molar-refractivity contribution is -0.115. The Labute approximate surface area is 191 Å². The van der Waals surface area contributed by atoms with E-state index in [1.807, 2.05) is 36.7 Å². The van der Waals surface area contributed by atoms with Gasteiger partial charge < -0.3 is 19.4 Å². The molecule has 0 saturated carbocycles. The number of ketones is 1.